The maximum absolute atomic E-state index is 5.53. The van der Waals surface area contributed by atoms with Crippen molar-refractivity contribution in [3.63, 3.8) is 0 Å². The highest BCUT2D eigenvalue weighted by Gasteiger charge is 2.02. The van der Waals surface area contributed by atoms with Crippen LogP contribution >= 0.6 is 0 Å². The summed E-state index contributed by atoms with van der Waals surface area (Å²) in [5, 5.41) is 0. The molecule has 0 aromatic carbocycles. The molecule has 13 heavy (non-hydrogen) atoms. The lowest BCUT2D eigenvalue weighted by Crippen LogP contribution is -2.15. The molecule has 0 spiro atoms. The van der Waals surface area contributed by atoms with E-state index in [1.807, 2.05) is 13.8 Å². The zero-order valence-electron chi connectivity index (χ0n) is 9.38. The number of hydrogen-bond acceptors (Lipinski definition) is 2. The van der Waals surface area contributed by atoms with Crippen molar-refractivity contribution in [1.82, 2.24) is 0 Å². The summed E-state index contributed by atoms with van der Waals surface area (Å²) in [4.78, 5) is 0. The molecule has 0 amide bonds. The average molecular weight is 187 g/mol. The largest absolute Gasteiger partial charge is 0.378 e. The van der Waals surface area contributed by atoms with Gasteiger partial charge in [0.1, 0.15) is 0 Å². The van der Waals surface area contributed by atoms with E-state index in [1.54, 1.807) is 0 Å². The monoisotopic (exact) mass is 187 g/mol. The Labute approximate surface area is 82.6 Å². The molecule has 2 heteroatoms. The molecule has 1 radical (unpaired) electrons. The molecule has 0 fully saturated rings. The maximum atomic E-state index is 5.53. The second kappa shape index (κ2) is 8.52. The van der Waals surface area contributed by atoms with Crippen LogP contribution in [0.4, 0.5) is 0 Å². The number of hydrogen-bond donors (Lipinski definition) is 0. The van der Waals surface area contributed by atoms with Gasteiger partial charge in [-0.3, -0.25) is 0 Å². The van der Waals surface area contributed by atoms with Gasteiger partial charge in [0.05, 0.1) is 18.8 Å². The van der Waals surface area contributed by atoms with Crippen LogP contribution in [0.2, 0.25) is 0 Å². The Morgan fingerprint density at radius 2 is 1.85 bits per heavy atom. The highest BCUT2D eigenvalue weighted by atomic mass is 16.5. The zero-order valence-corrected chi connectivity index (χ0v) is 9.38. The Hall–Kier alpha value is -0.0800. The van der Waals surface area contributed by atoms with Gasteiger partial charge in [-0.2, -0.15) is 0 Å². The molecule has 0 bridgehead atoms. The lowest BCUT2D eigenvalue weighted by atomic mass is 10.3. The van der Waals surface area contributed by atoms with Crippen LogP contribution in [0.15, 0.2) is 0 Å². The predicted octanol–water partition coefficient (Wildman–Crippen LogP) is 2.82. The van der Waals surface area contributed by atoms with Crippen molar-refractivity contribution in [2.24, 2.45) is 0 Å². The van der Waals surface area contributed by atoms with Crippen LogP contribution in [0.25, 0.3) is 0 Å². The molecule has 0 N–H and O–H groups in total. The van der Waals surface area contributed by atoms with Crippen molar-refractivity contribution in [3.8, 4) is 0 Å². The topological polar surface area (TPSA) is 18.5 Å². The van der Waals surface area contributed by atoms with Crippen LogP contribution < -0.4 is 0 Å². The summed E-state index contributed by atoms with van der Waals surface area (Å²) in [6.07, 6.45) is 4.91. The van der Waals surface area contributed by atoms with E-state index in [2.05, 4.69) is 20.3 Å². The van der Waals surface area contributed by atoms with Crippen molar-refractivity contribution in [1.29, 1.82) is 0 Å². The van der Waals surface area contributed by atoms with Crippen molar-refractivity contribution in [2.45, 2.75) is 52.7 Å². The van der Waals surface area contributed by atoms with Gasteiger partial charge in [0, 0.05) is 13.0 Å². The van der Waals surface area contributed by atoms with Crippen molar-refractivity contribution in [2.75, 3.05) is 13.2 Å². The zero-order chi connectivity index (χ0) is 10.1. The van der Waals surface area contributed by atoms with Gasteiger partial charge in [0.2, 0.25) is 0 Å². The molecule has 0 rings (SSSR count). The van der Waals surface area contributed by atoms with Crippen LogP contribution in [0.5, 0.6) is 0 Å². The predicted molar refractivity (Wildman–Crippen MR) is 55.7 cm³/mol. The Morgan fingerprint density at radius 1 is 1.15 bits per heavy atom. The van der Waals surface area contributed by atoms with Crippen LogP contribution in [-0.2, 0) is 9.47 Å². The quantitative estimate of drug-likeness (QED) is 0.544. The number of ether oxygens (including phenoxy) is 2. The van der Waals surface area contributed by atoms with Gasteiger partial charge in [-0.1, -0.05) is 13.3 Å². The fourth-order valence-corrected chi connectivity index (χ4v) is 0.865. The lowest BCUT2D eigenvalue weighted by molar-refractivity contribution is 0.0489. The number of unbranched alkanes of at least 4 members (excludes halogenated alkanes) is 1. The minimum absolute atomic E-state index is 0.213. The molecule has 0 aromatic heterocycles. The second-order valence-electron chi connectivity index (χ2n) is 3.55. The Balaban J connectivity index is 3.15. The smallest absolute Gasteiger partial charge is 0.0601 e. The highest BCUT2D eigenvalue weighted by Crippen LogP contribution is 2.00. The molecule has 0 aliphatic rings. The Bertz CT molecular complexity index is 102. The van der Waals surface area contributed by atoms with Crippen molar-refractivity contribution < 1.29 is 9.47 Å². The van der Waals surface area contributed by atoms with Crippen LogP contribution in [0.1, 0.15) is 40.5 Å². The minimum atomic E-state index is 0.213. The van der Waals surface area contributed by atoms with E-state index >= 15 is 0 Å². The molecular formula is C11H23O2. The van der Waals surface area contributed by atoms with E-state index in [0.717, 1.165) is 13.0 Å². The molecule has 0 saturated carbocycles. The highest BCUT2D eigenvalue weighted by molar-refractivity contribution is 4.72. The summed E-state index contributed by atoms with van der Waals surface area (Å²) in [5.74, 6) is 0. The summed E-state index contributed by atoms with van der Waals surface area (Å²) in [7, 11) is 0. The maximum Gasteiger partial charge on any atom is 0.0601 e. The summed E-state index contributed by atoms with van der Waals surface area (Å²) in [5.41, 5.74) is 0. The molecule has 0 aliphatic heterocycles. The molecule has 2 nitrogen and oxygen atoms in total. The van der Waals surface area contributed by atoms with Gasteiger partial charge in [-0.05, 0) is 27.2 Å². The second-order valence-corrected chi connectivity index (χ2v) is 3.55. The van der Waals surface area contributed by atoms with E-state index < -0.39 is 0 Å². The average Bonchev–Trinajstić information content (AvgIpc) is 2.04. The van der Waals surface area contributed by atoms with E-state index in [1.165, 1.54) is 6.42 Å². The molecule has 0 saturated heterocycles. The van der Waals surface area contributed by atoms with E-state index in [-0.39, 0.29) is 6.10 Å². The van der Waals surface area contributed by atoms with Crippen LogP contribution in [0, 0.1) is 6.42 Å². The molecule has 0 aromatic rings. The third-order valence-corrected chi connectivity index (χ3v) is 1.74. The van der Waals surface area contributed by atoms with Crippen LogP contribution in [0.3, 0.4) is 0 Å². The number of rotatable bonds is 8. The Morgan fingerprint density at radius 3 is 2.38 bits per heavy atom. The summed E-state index contributed by atoms with van der Waals surface area (Å²) in [6, 6.07) is 0. The summed E-state index contributed by atoms with van der Waals surface area (Å²) in [6.45, 7) is 9.84. The van der Waals surface area contributed by atoms with Gasteiger partial charge >= 0.3 is 0 Å². The van der Waals surface area contributed by atoms with E-state index in [9.17, 15) is 0 Å². The molecule has 0 heterocycles. The standard InChI is InChI=1S/C11H23O2/c1-5-6-8-13-11(4)7-9-12-10(2)3/h7,10-11H,5-6,8-9H2,1-4H3. The molecule has 79 valence electrons. The molecular weight excluding hydrogens is 164 g/mol. The van der Waals surface area contributed by atoms with Crippen LogP contribution in [-0.4, -0.2) is 25.4 Å². The van der Waals surface area contributed by atoms with Gasteiger partial charge in [-0.25, -0.2) is 0 Å². The molecule has 0 aliphatic carbocycles. The van der Waals surface area contributed by atoms with Gasteiger partial charge in [-0.15, -0.1) is 0 Å². The first-order valence-electron chi connectivity index (χ1n) is 5.23. The fraction of sp³-hybridized carbons (Fsp3) is 0.909. The normalized spacial score (nSPS) is 13.6. The van der Waals surface area contributed by atoms with Gasteiger partial charge < -0.3 is 9.47 Å². The molecule has 1 atom stereocenters. The van der Waals surface area contributed by atoms with Crippen molar-refractivity contribution in [3.05, 3.63) is 6.42 Å². The lowest BCUT2D eigenvalue weighted by Gasteiger charge is -2.13. The van der Waals surface area contributed by atoms with Gasteiger partial charge in [0.15, 0.2) is 0 Å². The third kappa shape index (κ3) is 9.84. The molecule has 1 unspecified atom stereocenters. The van der Waals surface area contributed by atoms with Gasteiger partial charge in [0.25, 0.3) is 0 Å². The van der Waals surface area contributed by atoms with E-state index in [0.29, 0.717) is 12.7 Å². The minimum Gasteiger partial charge on any atom is -0.378 e. The fourth-order valence-electron chi connectivity index (χ4n) is 0.865. The van der Waals surface area contributed by atoms with Crippen molar-refractivity contribution >= 4 is 0 Å². The third-order valence-electron chi connectivity index (χ3n) is 1.74. The summed E-state index contributed by atoms with van der Waals surface area (Å²) >= 11 is 0. The first-order chi connectivity index (χ1) is 6.16. The van der Waals surface area contributed by atoms with E-state index in [4.69, 9.17) is 9.47 Å². The Kier molecular flexibility index (Phi) is 8.46. The summed E-state index contributed by atoms with van der Waals surface area (Å²) < 4.78 is 10.9. The SMILES string of the molecule is CCCCOC(C)[CH]COC(C)C. The first kappa shape index (κ1) is 12.9. The first-order valence-corrected chi connectivity index (χ1v) is 5.23.